The van der Waals surface area contributed by atoms with Crippen molar-refractivity contribution in [2.45, 2.75) is 45.6 Å². The molecule has 0 spiro atoms. The lowest BCUT2D eigenvalue weighted by Crippen LogP contribution is -2.11. The van der Waals surface area contributed by atoms with E-state index >= 15 is 0 Å². The molecule has 1 atom stereocenters. The Morgan fingerprint density at radius 3 is 2.19 bits per heavy atom. The Kier molecular flexibility index (Phi) is 4.69. The second-order valence-electron chi connectivity index (χ2n) is 6.43. The second-order valence-corrected chi connectivity index (χ2v) is 6.43. The average Bonchev–Trinajstić information content (AvgIpc) is 2.46. The maximum absolute atomic E-state index is 6.15. The average molecular weight is 283 g/mol. The molecule has 2 N–H and O–H groups in total. The molecule has 0 aliphatic carbocycles. The maximum atomic E-state index is 6.15. The van der Waals surface area contributed by atoms with Gasteiger partial charge in [-0.25, -0.2) is 0 Å². The Labute approximate surface area is 127 Å². The van der Waals surface area contributed by atoms with E-state index in [2.05, 4.69) is 39.8 Å². The van der Waals surface area contributed by atoms with Crippen LogP contribution in [-0.2, 0) is 5.41 Å². The molecule has 2 nitrogen and oxygen atoms in total. The fourth-order valence-corrected chi connectivity index (χ4v) is 2.25. The number of nitrogens with two attached hydrogens (primary N) is 1. The van der Waals surface area contributed by atoms with E-state index in [1.807, 2.05) is 36.4 Å². The summed E-state index contributed by atoms with van der Waals surface area (Å²) < 4.78 is 6.02. The summed E-state index contributed by atoms with van der Waals surface area (Å²) >= 11 is 0. The molecule has 1 unspecified atom stereocenters. The van der Waals surface area contributed by atoms with E-state index in [4.69, 9.17) is 10.5 Å². The zero-order valence-corrected chi connectivity index (χ0v) is 13.4. The van der Waals surface area contributed by atoms with Crippen molar-refractivity contribution in [2.75, 3.05) is 0 Å². The van der Waals surface area contributed by atoms with Crippen LogP contribution in [0.5, 0.6) is 11.5 Å². The molecular formula is C19H25NO. The molecule has 112 valence electrons. The predicted octanol–water partition coefficient (Wildman–Crippen LogP) is 5.19. The Bertz CT molecular complexity index is 581. The summed E-state index contributed by atoms with van der Waals surface area (Å²) in [5, 5.41) is 0. The van der Waals surface area contributed by atoms with Gasteiger partial charge in [-0.2, -0.15) is 0 Å². The van der Waals surface area contributed by atoms with Gasteiger partial charge < -0.3 is 10.5 Å². The van der Waals surface area contributed by atoms with Gasteiger partial charge in [0.25, 0.3) is 0 Å². The van der Waals surface area contributed by atoms with Gasteiger partial charge in [-0.1, -0.05) is 58.0 Å². The fraction of sp³-hybridized carbons (Fsp3) is 0.368. The van der Waals surface area contributed by atoms with E-state index < -0.39 is 0 Å². The number of benzene rings is 2. The van der Waals surface area contributed by atoms with E-state index in [9.17, 15) is 0 Å². The first-order chi connectivity index (χ1) is 9.91. The molecule has 2 aromatic rings. The van der Waals surface area contributed by atoms with Crippen molar-refractivity contribution < 1.29 is 4.74 Å². The molecule has 21 heavy (non-hydrogen) atoms. The number of hydrogen-bond donors (Lipinski definition) is 1. The summed E-state index contributed by atoms with van der Waals surface area (Å²) in [7, 11) is 0. The molecule has 2 heteroatoms. The van der Waals surface area contributed by atoms with Crippen LogP contribution in [0.25, 0.3) is 0 Å². The third-order valence-corrected chi connectivity index (χ3v) is 3.71. The molecule has 0 fully saturated rings. The monoisotopic (exact) mass is 283 g/mol. The first-order valence-corrected chi connectivity index (χ1v) is 7.54. The quantitative estimate of drug-likeness (QED) is 0.838. The third-order valence-electron chi connectivity index (χ3n) is 3.71. The van der Waals surface area contributed by atoms with Crippen molar-refractivity contribution in [2.24, 2.45) is 5.73 Å². The van der Waals surface area contributed by atoms with Crippen molar-refractivity contribution in [3.63, 3.8) is 0 Å². The summed E-state index contributed by atoms with van der Waals surface area (Å²) in [6.07, 6.45) is 0.892. The van der Waals surface area contributed by atoms with Crippen LogP contribution in [0.4, 0.5) is 0 Å². The van der Waals surface area contributed by atoms with Gasteiger partial charge in [-0.05, 0) is 35.6 Å². The summed E-state index contributed by atoms with van der Waals surface area (Å²) in [6.45, 7) is 8.70. The number of rotatable bonds is 4. The van der Waals surface area contributed by atoms with Gasteiger partial charge >= 0.3 is 0 Å². The van der Waals surface area contributed by atoms with Crippen LogP contribution in [0.15, 0.2) is 48.5 Å². The predicted molar refractivity (Wildman–Crippen MR) is 88.9 cm³/mol. The molecule has 0 aromatic heterocycles. The Balaban J connectivity index is 2.23. The molecule has 0 saturated heterocycles. The molecule has 0 bridgehead atoms. The van der Waals surface area contributed by atoms with Crippen LogP contribution in [-0.4, -0.2) is 0 Å². The highest BCUT2D eigenvalue weighted by Crippen LogP contribution is 2.31. The van der Waals surface area contributed by atoms with Crippen molar-refractivity contribution in [3.05, 3.63) is 59.7 Å². The van der Waals surface area contributed by atoms with Crippen LogP contribution >= 0.6 is 0 Å². The molecular weight excluding hydrogens is 258 g/mol. The summed E-state index contributed by atoms with van der Waals surface area (Å²) in [6, 6.07) is 16.3. The van der Waals surface area contributed by atoms with Gasteiger partial charge in [0.1, 0.15) is 11.5 Å². The number of ether oxygens (including phenoxy) is 1. The van der Waals surface area contributed by atoms with Crippen molar-refractivity contribution >= 4 is 0 Å². The molecule has 2 rings (SSSR count). The minimum Gasteiger partial charge on any atom is -0.457 e. The lowest BCUT2D eigenvalue weighted by atomic mass is 9.87. The summed E-state index contributed by atoms with van der Waals surface area (Å²) in [5.74, 6) is 1.69. The minimum absolute atomic E-state index is 0.00930. The first-order valence-electron chi connectivity index (χ1n) is 7.54. The Hall–Kier alpha value is -1.80. The van der Waals surface area contributed by atoms with Gasteiger partial charge in [0.05, 0.1) is 0 Å². The SMILES string of the molecule is CCC(N)c1ccccc1Oc1ccc(C(C)(C)C)cc1. The highest BCUT2D eigenvalue weighted by atomic mass is 16.5. The van der Waals surface area contributed by atoms with Crippen LogP contribution in [0.2, 0.25) is 0 Å². The molecule has 0 saturated carbocycles. The van der Waals surface area contributed by atoms with E-state index in [1.54, 1.807) is 0 Å². The summed E-state index contributed by atoms with van der Waals surface area (Å²) in [5.41, 5.74) is 8.66. The van der Waals surface area contributed by atoms with Crippen LogP contribution in [0.1, 0.15) is 51.3 Å². The topological polar surface area (TPSA) is 35.2 Å². The fourth-order valence-electron chi connectivity index (χ4n) is 2.25. The number of hydrogen-bond acceptors (Lipinski definition) is 2. The molecule has 0 heterocycles. The van der Waals surface area contributed by atoms with Gasteiger partial charge in [-0.15, -0.1) is 0 Å². The van der Waals surface area contributed by atoms with Gasteiger partial charge in [-0.3, -0.25) is 0 Å². The van der Waals surface area contributed by atoms with E-state index in [0.29, 0.717) is 0 Å². The largest absolute Gasteiger partial charge is 0.457 e. The van der Waals surface area contributed by atoms with Crippen molar-refractivity contribution in [3.8, 4) is 11.5 Å². The summed E-state index contributed by atoms with van der Waals surface area (Å²) in [4.78, 5) is 0. The highest BCUT2D eigenvalue weighted by Gasteiger charge is 2.14. The highest BCUT2D eigenvalue weighted by molar-refractivity contribution is 5.40. The lowest BCUT2D eigenvalue weighted by Gasteiger charge is -2.20. The Morgan fingerprint density at radius 1 is 1.00 bits per heavy atom. The zero-order valence-electron chi connectivity index (χ0n) is 13.4. The lowest BCUT2D eigenvalue weighted by molar-refractivity contribution is 0.467. The van der Waals surface area contributed by atoms with Crippen molar-refractivity contribution in [1.29, 1.82) is 0 Å². The van der Waals surface area contributed by atoms with Crippen LogP contribution in [0, 0.1) is 0 Å². The molecule has 2 aromatic carbocycles. The van der Waals surface area contributed by atoms with Gasteiger partial charge in [0.15, 0.2) is 0 Å². The third kappa shape index (κ3) is 3.85. The minimum atomic E-state index is 0.00930. The van der Waals surface area contributed by atoms with Gasteiger partial charge in [0.2, 0.25) is 0 Å². The molecule has 0 aliphatic heterocycles. The standard InChI is InChI=1S/C19H25NO/c1-5-17(20)16-8-6-7-9-18(16)21-15-12-10-14(11-13-15)19(2,3)4/h6-13,17H,5,20H2,1-4H3. The molecule has 0 radical (unpaired) electrons. The maximum Gasteiger partial charge on any atom is 0.132 e. The second kappa shape index (κ2) is 6.31. The van der Waals surface area contributed by atoms with Crippen LogP contribution < -0.4 is 10.5 Å². The van der Waals surface area contributed by atoms with E-state index in [-0.39, 0.29) is 11.5 Å². The van der Waals surface area contributed by atoms with Crippen molar-refractivity contribution in [1.82, 2.24) is 0 Å². The normalized spacial score (nSPS) is 13.0. The van der Waals surface area contributed by atoms with Gasteiger partial charge in [0, 0.05) is 11.6 Å². The number of para-hydroxylation sites is 1. The molecule has 0 amide bonds. The smallest absolute Gasteiger partial charge is 0.132 e. The Morgan fingerprint density at radius 2 is 1.62 bits per heavy atom. The zero-order chi connectivity index (χ0) is 15.5. The first kappa shape index (κ1) is 15.6. The van der Waals surface area contributed by atoms with Crippen LogP contribution in [0.3, 0.4) is 0 Å². The van der Waals surface area contributed by atoms with E-state index in [0.717, 1.165) is 23.5 Å². The van der Waals surface area contributed by atoms with E-state index in [1.165, 1.54) is 5.56 Å². The molecule has 0 aliphatic rings.